The number of aromatic nitrogens is 1. The molecule has 0 saturated carbocycles. The van der Waals surface area contributed by atoms with Crippen LogP contribution in [0.3, 0.4) is 0 Å². The molecule has 5 nitrogen and oxygen atoms in total. The van der Waals surface area contributed by atoms with Crippen LogP contribution in [-0.2, 0) is 0 Å². The van der Waals surface area contributed by atoms with Crippen LogP contribution < -0.4 is 16.4 Å². The quantitative estimate of drug-likeness (QED) is 0.855. The van der Waals surface area contributed by atoms with Crippen LogP contribution in [0, 0.1) is 0 Å². The molecule has 1 aromatic heterocycles. The SMILES string of the molecule is CCC1CN(c2ncc(N)cc2C(N)=O)CCS1. The minimum Gasteiger partial charge on any atom is -0.397 e. The monoisotopic (exact) mass is 266 g/mol. The summed E-state index contributed by atoms with van der Waals surface area (Å²) in [7, 11) is 0. The lowest BCUT2D eigenvalue weighted by Gasteiger charge is -2.33. The molecular formula is C12H18N4OS. The number of anilines is 2. The Hall–Kier alpha value is -1.43. The summed E-state index contributed by atoms with van der Waals surface area (Å²) in [5, 5.41) is 0.582. The molecule has 1 saturated heterocycles. The first-order valence-corrected chi connectivity index (χ1v) is 7.08. The van der Waals surface area contributed by atoms with E-state index >= 15 is 0 Å². The van der Waals surface area contributed by atoms with Gasteiger partial charge in [0, 0.05) is 24.1 Å². The first kappa shape index (κ1) is 13.0. The molecule has 1 aromatic rings. The van der Waals surface area contributed by atoms with Crippen molar-refractivity contribution < 1.29 is 4.79 Å². The van der Waals surface area contributed by atoms with Gasteiger partial charge in [0.2, 0.25) is 0 Å². The highest BCUT2D eigenvalue weighted by atomic mass is 32.2. The molecule has 0 spiro atoms. The topological polar surface area (TPSA) is 85.2 Å². The Bertz CT molecular complexity index is 452. The fourth-order valence-electron chi connectivity index (χ4n) is 2.07. The van der Waals surface area contributed by atoms with Crippen molar-refractivity contribution in [1.29, 1.82) is 0 Å². The van der Waals surface area contributed by atoms with E-state index < -0.39 is 5.91 Å². The van der Waals surface area contributed by atoms with E-state index in [1.54, 1.807) is 12.3 Å². The predicted octanol–water partition coefficient (Wildman–Crippen LogP) is 1.09. The number of primary amides is 1. The minimum atomic E-state index is -0.476. The second-order valence-corrected chi connectivity index (χ2v) is 5.76. The molecule has 2 rings (SSSR count). The van der Waals surface area contributed by atoms with Gasteiger partial charge in [-0.15, -0.1) is 0 Å². The van der Waals surface area contributed by atoms with Crippen LogP contribution in [0.5, 0.6) is 0 Å². The number of amides is 1. The van der Waals surface area contributed by atoms with Gasteiger partial charge in [0.25, 0.3) is 5.91 Å². The van der Waals surface area contributed by atoms with E-state index in [0.717, 1.165) is 25.3 Å². The normalized spacial score (nSPS) is 19.8. The minimum absolute atomic E-state index is 0.414. The lowest BCUT2D eigenvalue weighted by molar-refractivity contribution is 0.100. The van der Waals surface area contributed by atoms with E-state index in [-0.39, 0.29) is 0 Å². The zero-order valence-electron chi connectivity index (χ0n) is 10.4. The number of nitrogen functional groups attached to an aromatic ring is 1. The first-order chi connectivity index (χ1) is 8.61. The van der Waals surface area contributed by atoms with Gasteiger partial charge in [-0.3, -0.25) is 4.79 Å². The molecule has 1 fully saturated rings. The van der Waals surface area contributed by atoms with E-state index in [1.807, 2.05) is 11.8 Å². The Morgan fingerprint density at radius 1 is 1.67 bits per heavy atom. The molecule has 1 unspecified atom stereocenters. The molecule has 0 aliphatic carbocycles. The predicted molar refractivity (Wildman–Crippen MR) is 75.9 cm³/mol. The van der Waals surface area contributed by atoms with Crippen molar-refractivity contribution in [1.82, 2.24) is 4.98 Å². The molecule has 98 valence electrons. The van der Waals surface area contributed by atoms with Crippen LogP contribution in [0.1, 0.15) is 23.7 Å². The van der Waals surface area contributed by atoms with Gasteiger partial charge in [-0.05, 0) is 12.5 Å². The molecule has 1 amide bonds. The maximum Gasteiger partial charge on any atom is 0.252 e. The van der Waals surface area contributed by atoms with Crippen LogP contribution in [0.4, 0.5) is 11.5 Å². The standard InChI is InChI=1S/C12H18N4OS/c1-2-9-7-16(3-4-18-9)12-10(11(14)17)5-8(13)6-15-12/h5-6,9H,2-4,7,13H2,1H3,(H2,14,17). The highest BCUT2D eigenvalue weighted by Crippen LogP contribution is 2.27. The second-order valence-electron chi connectivity index (χ2n) is 4.35. The summed E-state index contributed by atoms with van der Waals surface area (Å²) >= 11 is 1.97. The number of nitrogens with zero attached hydrogens (tertiary/aromatic N) is 2. The van der Waals surface area contributed by atoms with E-state index in [1.165, 1.54) is 0 Å². The Morgan fingerprint density at radius 3 is 3.11 bits per heavy atom. The van der Waals surface area contributed by atoms with Crippen LogP contribution >= 0.6 is 11.8 Å². The molecule has 1 atom stereocenters. The number of carbonyl (C=O) groups excluding carboxylic acids is 1. The van der Waals surface area contributed by atoms with E-state index in [4.69, 9.17) is 11.5 Å². The van der Waals surface area contributed by atoms with Crippen molar-refractivity contribution in [3.63, 3.8) is 0 Å². The third-order valence-corrected chi connectivity index (χ3v) is 4.42. The van der Waals surface area contributed by atoms with Crippen LogP contribution in [0.2, 0.25) is 0 Å². The Kier molecular flexibility index (Phi) is 3.96. The molecule has 4 N–H and O–H groups in total. The smallest absolute Gasteiger partial charge is 0.252 e. The van der Waals surface area contributed by atoms with Gasteiger partial charge < -0.3 is 16.4 Å². The zero-order valence-corrected chi connectivity index (χ0v) is 11.2. The van der Waals surface area contributed by atoms with Crippen molar-refractivity contribution in [2.45, 2.75) is 18.6 Å². The molecule has 0 radical (unpaired) electrons. The van der Waals surface area contributed by atoms with Gasteiger partial charge in [-0.25, -0.2) is 4.98 Å². The van der Waals surface area contributed by atoms with Gasteiger partial charge in [-0.1, -0.05) is 6.92 Å². The highest BCUT2D eigenvalue weighted by molar-refractivity contribution is 8.00. The lowest BCUT2D eigenvalue weighted by atomic mass is 10.2. The third kappa shape index (κ3) is 2.69. The average molecular weight is 266 g/mol. The van der Waals surface area contributed by atoms with Crippen molar-refractivity contribution in [3.8, 4) is 0 Å². The molecule has 6 heteroatoms. The lowest BCUT2D eigenvalue weighted by Crippen LogP contribution is -2.39. The van der Waals surface area contributed by atoms with Crippen LogP contribution in [-0.4, -0.2) is 35.0 Å². The molecule has 1 aliphatic rings. The number of hydrogen-bond donors (Lipinski definition) is 2. The maximum absolute atomic E-state index is 11.5. The Labute approximate surface area is 111 Å². The fourth-order valence-corrected chi connectivity index (χ4v) is 3.25. The maximum atomic E-state index is 11.5. The average Bonchev–Trinajstić information content (AvgIpc) is 2.38. The van der Waals surface area contributed by atoms with Gasteiger partial charge in [-0.2, -0.15) is 11.8 Å². The third-order valence-electron chi connectivity index (χ3n) is 3.05. The van der Waals surface area contributed by atoms with Gasteiger partial charge in [0.15, 0.2) is 0 Å². The number of nitrogens with two attached hydrogens (primary N) is 2. The Morgan fingerprint density at radius 2 is 2.44 bits per heavy atom. The van der Waals surface area contributed by atoms with Gasteiger partial charge >= 0.3 is 0 Å². The summed E-state index contributed by atoms with van der Waals surface area (Å²) < 4.78 is 0. The zero-order chi connectivity index (χ0) is 13.1. The van der Waals surface area contributed by atoms with Crippen molar-refractivity contribution >= 4 is 29.2 Å². The Balaban J connectivity index is 2.29. The van der Waals surface area contributed by atoms with Crippen molar-refractivity contribution in [2.24, 2.45) is 5.73 Å². The molecule has 18 heavy (non-hydrogen) atoms. The summed E-state index contributed by atoms with van der Waals surface area (Å²) in [4.78, 5) is 17.9. The summed E-state index contributed by atoms with van der Waals surface area (Å²) in [5.41, 5.74) is 11.9. The molecule has 2 heterocycles. The summed E-state index contributed by atoms with van der Waals surface area (Å²) in [6, 6.07) is 1.60. The summed E-state index contributed by atoms with van der Waals surface area (Å²) in [5.74, 6) is 1.23. The molecular weight excluding hydrogens is 248 g/mol. The summed E-state index contributed by atoms with van der Waals surface area (Å²) in [6.07, 6.45) is 2.69. The number of pyridine rings is 1. The van der Waals surface area contributed by atoms with Crippen molar-refractivity contribution in [3.05, 3.63) is 17.8 Å². The first-order valence-electron chi connectivity index (χ1n) is 6.03. The highest BCUT2D eigenvalue weighted by Gasteiger charge is 2.23. The van der Waals surface area contributed by atoms with E-state index in [9.17, 15) is 4.79 Å². The molecule has 0 aromatic carbocycles. The number of hydrogen-bond acceptors (Lipinski definition) is 5. The van der Waals surface area contributed by atoms with Crippen molar-refractivity contribution in [2.75, 3.05) is 29.5 Å². The largest absolute Gasteiger partial charge is 0.397 e. The number of carbonyl (C=O) groups is 1. The number of thioether (sulfide) groups is 1. The fraction of sp³-hybridized carbons (Fsp3) is 0.500. The van der Waals surface area contributed by atoms with E-state index in [0.29, 0.717) is 22.3 Å². The van der Waals surface area contributed by atoms with Crippen LogP contribution in [0.25, 0.3) is 0 Å². The molecule has 1 aliphatic heterocycles. The molecule has 0 bridgehead atoms. The van der Waals surface area contributed by atoms with Crippen LogP contribution in [0.15, 0.2) is 12.3 Å². The van der Waals surface area contributed by atoms with Gasteiger partial charge in [0.05, 0.1) is 17.4 Å². The summed E-state index contributed by atoms with van der Waals surface area (Å²) in [6.45, 7) is 3.96. The van der Waals surface area contributed by atoms with E-state index in [2.05, 4.69) is 16.8 Å². The van der Waals surface area contributed by atoms with Gasteiger partial charge in [0.1, 0.15) is 5.82 Å². The number of rotatable bonds is 3. The second kappa shape index (κ2) is 5.48.